The number of carbonyl (C=O) groups is 1. The van der Waals surface area contributed by atoms with Crippen LogP contribution in [-0.2, 0) is 38.8 Å². The summed E-state index contributed by atoms with van der Waals surface area (Å²) < 4.78 is 45.4. The molecule has 0 saturated carbocycles. The molecule has 0 saturated heterocycles. The number of fused-ring (bicyclic) bond motifs is 4. The fourth-order valence-corrected chi connectivity index (χ4v) is 6.04. The molecule has 0 bridgehead atoms. The van der Waals surface area contributed by atoms with Crippen molar-refractivity contribution in [1.29, 1.82) is 0 Å². The molecule has 0 fully saturated rings. The smallest absolute Gasteiger partial charge is 0.306 e. The average Bonchev–Trinajstić information content (AvgIpc) is 3.30. The number of rotatable bonds is 10. The Hall–Kier alpha value is -3.52. The van der Waals surface area contributed by atoms with Crippen LogP contribution in [0.5, 0.6) is 17.2 Å². The SMILES string of the molecule is COC(=O)C[C@@H]1COc2cc(OCc3ccc4c(c3)-c3c(C)cc(OCCCS(C)(=O)=O)cc3CC4)ccc21. The highest BCUT2D eigenvalue weighted by Crippen LogP contribution is 2.40. The van der Waals surface area contributed by atoms with E-state index in [0.717, 1.165) is 46.8 Å². The Bertz CT molecular complexity index is 1490. The minimum absolute atomic E-state index is 0.00357. The molecule has 3 aromatic carbocycles. The van der Waals surface area contributed by atoms with Crippen LogP contribution in [-0.4, -0.2) is 46.7 Å². The molecule has 1 aliphatic heterocycles. The van der Waals surface area contributed by atoms with Crippen molar-refractivity contribution in [3.63, 3.8) is 0 Å². The van der Waals surface area contributed by atoms with Gasteiger partial charge in [0.25, 0.3) is 0 Å². The highest BCUT2D eigenvalue weighted by molar-refractivity contribution is 7.90. The fraction of sp³-hybridized carbons (Fsp3) is 0.387. The first kappa shape index (κ1) is 27.1. The quantitative estimate of drug-likeness (QED) is 0.254. The Labute approximate surface area is 230 Å². The van der Waals surface area contributed by atoms with Crippen LogP contribution in [0.3, 0.4) is 0 Å². The maximum absolute atomic E-state index is 11.7. The van der Waals surface area contributed by atoms with E-state index in [1.807, 2.05) is 24.3 Å². The minimum atomic E-state index is -2.98. The van der Waals surface area contributed by atoms with Crippen LogP contribution in [0, 0.1) is 6.92 Å². The fourth-order valence-electron chi connectivity index (χ4n) is 5.40. The van der Waals surface area contributed by atoms with E-state index in [1.165, 1.54) is 35.6 Å². The molecular weight excluding hydrogens is 516 g/mol. The van der Waals surface area contributed by atoms with E-state index in [1.54, 1.807) is 0 Å². The number of esters is 1. The summed E-state index contributed by atoms with van der Waals surface area (Å²) >= 11 is 0. The third-order valence-electron chi connectivity index (χ3n) is 7.34. The lowest BCUT2D eigenvalue weighted by atomic mass is 9.82. The normalized spacial score (nSPS) is 15.5. The summed E-state index contributed by atoms with van der Waals surface area (Å²) in [5.41, 5.74) is 8.25. The van der Waals surface area contributed by atoms with Crippen molar-refractivity contribution in [2.75, 3.05) is 32.3 Å². The molecule has 0 aromatic heterocycles. The molecule has 5 rings (SSSR count). The molecule has 2 aliphatic rings. The van der Waals surface area contributed by atoms with Crippen molar-refractivity contribution < 1.29 is 32.2 Å². The van der Waals surface area contributed by atoms with Crippen molar-refractivity contribution in [3.8, 4) is 28.4 Å². The zero-order valence-electron chi connectivity index (χ0n) is 22.6. The van der Waals surface area contributed by atoms with Gasteiger partial charge in [-0.25, -0.2) is 8.42 Å². The summed E-state index contributed by atoms with van der Waals surface area (Å²) in [5.74, 6) is 2.16. The van der Waals surface area contributed by atoms with Gasteiger partial charge in [-0.15, -0.1) is 0 Å². The van der Waals surface area contributed by atoms with E-state index in [-0.39, 0.29) is 17.6 Å². The van der Waals surface area contributed by atoms with Gasteiger partial charge < -0.3 is 18.9 Å². The van der Waals surface area contributed by atoms with E-state index >= 15 is 0 Å². The van der Waals surface area contributed by atoms with Gasteiger partial charge in [0.1, 0.15) is 33.7 Å². The van der Waals surface area contributed by atoms with Gasteiger partial charge in [-0.05, 0) is 83.8 Å². The maximum atomic E-state index is 11.7. The molecule has 0 amide bonds. The lowest BCUT2D eigenvalue weighted by Crippen LogP contribution is -2.10. The molecule has 0 radical (unpaired) electrons. The second-order valence-corrected chi connectivity index (χ2v) is 12.6. The Morgan fingerprint density at radius 3 is 2.62 bits per heavy atom. The summed E-state index contributed by atoms with van der Waals surface area (Å²) in [6.07, 6.45) is 3.92. The molecule has 8 heteroatoms. The van der Waals surface area contributed by atoms with E-state index in [0.29, 0.717) is 32.7 Å². The number of aryl methyl sites for hydroxylation is 3. The van der Waals surface area contributed by atoms with Crippen LogP contribution in [0.1, 0.15) is 46.6 Å². The number of benzene rings is 3. The van der Waals surface area contributed by atoms with Gasteiger partial charge in [-0.2, -0.15) is 0 Å². The summed E-state index contributed by atoms with van der Waals surface area (Å²) in [7, 11) is -1.58. The number of methoxy groups -OCH3 is 1. The summed E-state index contributed by atoms with van der Waals surface area (Å²) in [6.45, 7) is 3.36. The minimum Gasteiger partial charge on any atom is -0.494 e. The highest BCUT2D eigenvalue weighted by Gasteiger charge is 2.27. The maximum Gasteiger partial charge on any atom is 0.306 e. The summed E-state index contributed by atoms with van der Waals surface area (Å²) in [6, 6.07) is 16.4. The van der Waals surface area contributed by atoms with Crippen LogP contribution in [0.25, 0.3) is 11.1 Å². The molecule has 1 heterocycles. The van der Waals surface area contributed by atoms with Crippen molar-refractivity contribution in [2.24, 2.45) is 0 Å². The summed E-state index contributed by atoms with van der Waals surface area (Å²) in [4.78, 5) is 11.7. The van der Waals surface area contributed by atoms with E-state index in [2.05, 4.69) is 31.2 Å². The molecule has 0 spiro atoms. The first-order valence-corrected chi connectivity index (χ1v) is 15.3. The molecule has 0 unspecified atom stereocenters. The second kappa shape index (κ2) is 11.3. The van der Waals surface area contributed by atoms with Crippen molar-refractivity contribution in [3.05, 3.63) is 76.3 Å². The molecule has 206 valence electrons. The molecule has 1 atom stereocenters. The Morgan fingerprint density at radius 2 is 1.82 bits per heavy atom. The number of hydrogen-bond donors (Lipinski definition) is 0. The van der Waals surface area contributed by atoms with Crippen molar-refractivity contribution in [1.82, 2.24) is 0 Å². The van der Waals surface area contributed by atoms with E-state index in [9.17, 15) is 13.2 Å². The Balaban J connectivity index is 1.27. The molecule has 39 heavy (non-hydrogen) atoms. The Morgan fingerprint density at radius 1 is 1.00 bits per heavy atom. The van der Waals surface area contributed by atoms with Gasteiger partial charge in [-0.3, -0.25) is 4.79 Å². The lowest BCUT2D eigenvalue weighted by Gasteiger charge is -2.24. The zero-order chi connectivity index (χ0) is 27.6. The first-order valence-electron chi connectivity index (χ1n) is 13.2. The predicted molar refractivity (Wildman–Crippen MR) is 149 cm³/mol. The number of ether oxygens (including phenoxy) is 4. The van der Waals surface area contributed by atoms with Crippen molar-refractivity contribution in [2.45, 2.75) is 45.1 Å². The first-order chi connectivity index (χ1) is 18.7. The van der Waals surface area contributed by atoms with Gasteiger partial charge >= 0.3 is 5.97 Å². The average molecular weight is 551 g/mol. The van der Waals surface area contributed by atoms with Gasteiger partial charge in [0.05, 0.1) is 32.5 Å². The van der Waals surface area contributed by atoms with Crippen LogP contribution < -0.4 is 14.2 Å². The van der Waals surface area contributed by atoms with Crippen LogP contribution in [0.4, 0.5) is 0 Å². The third-order valence-corrected chi connectivity index (χ3v) is 8.37. The molecular formula is C31H34O7S. The van der Waals surface area contributed by atoms with Gasteiger partial charge in [0.2, 0.25) is 0 Å². The largest absolute Gasteiger partial charge is 0.494 e. The van der Waals surface area contributed by atoms with Gasteiger partial charge in [0.15, 0.2) is 0 Å². The summed E-state index contributed by atoms with van der Waals surface area (Å²) in [5, 5.41) is 0. The predicted octanol–water partition coefficient (Wildman–Crippen LogP) is 5.19. The van der Waals surface area contributed by atoms with Crippen LogP contribution in [0.2, 0.25) is 0 Å². The number of hydrogen-bond acceptors (Lipinski definition) is 7. The number of carbonyl (C=O) groups excluding carboxylic acids is 1. The molecule has 7 nitrogen and oxygen atoms in total. The van der Waals surface area contributed by atoms with E-state index in [4.69, 9.17) is 18.9 Å². The molecule has 3 aromatic rings. The topological polar surface area (TPSA) is 88.1 Å². The second-order valence-electron chi connectivity index (χ2n) is 10.4. The van der Waals surface area contributed by atoms with E-state index < -0.39 is 9.84 Å². The monoisotopic (exact) mass is 550 g/mol. The highest BCUT2D eigenvalue weighted by atomic mass is 32.2. The third kappa shape index (κ3) is 6.38. The van der Waals surface area contributed by atoms with Gasteiger partial charge in [0, 0.05) is 23.8 Å². The molecule has 1 aliphatic carbocycles. The molecule has 0 N–H and O–H groups in total. The van der Waals surface area contributed by atoms with Crippen molar-refractivity contribution >= 4 is 15.8 Å². The number of sulfone groups is 1. The lowest BCUT2D eigenvalue weighted by molar-refractivity contribution is -0.141. The Kier molecular flexibility index (Phi) is 7.84. The zero-order valence-corrected chi connectivity index (χ0v) is 23.4. The standard InChI is InChI=1S/C31H34O7S/c1-20-13-26(36-11-4-12-39(3,33)34)15-23-8-7-22-6-5-21(14-28(22)31(20)23)18-37-25-9-10-27-24(16-30(32)35-2)19-38-29(27)17-25/h5-6,9-10,13-15,17,24H,4,7-8,11-12,16,18-19H2,1-3H3/t24-/m1/s1. The van der Waals surface area contributed by atoms with Gasteiger partial charge in [-0.1, -0.05) is 18.2 Å². The van der Waals surface area contributed by atoms with Crippen LogP contribution in [0.15, 0.2) is 48.5 Å². The van der Waals surface area contributed by atoms with Crippen LogP contribution >= 0.6 is 0 Å².